The highest BCUT2D eigenvalue weighted by Crippen LogP contribution is 2.21. The molecule has 0 aliphatic heterocycles. The third kappa shape index (κ3) is 3.11. The number of carbonyl (C=O) groups excluding carboxylic acids is 1. The summed E-state index contributed by atoms with van der Waals surface area (Å²) >= 11 is 6.04. The van der Waals surface area contributed by atoms with Crippen LogP contribution in [0.4, 0.5) is 0 Å². The van der Waals surface area contributed by atoms with E-state index in [-0.39, 0.29) is 5.78 Å². The summed E-state index contributed by atoms with van der Waals surface area (Å²) in [6, 6.07) is 5.50. The number of Topliss-reactive ketones (excluding diaryl/α,β-unsaturated/α-hetero) is 1. The Hall–Kier alpha value is -1.26. The number of carbonyl (C=O) groups is 1. The maximum Gasteiger partial charge on any atom is 0.165 e. The lowest BCUT2D eigenvalue weighted by Gasteiger charge is -2.04. The van der Waals surface area contributed by atoms with Crippen molar-refractivity contribution in [2.24, 2.45) is 0 Å². The van der Waals surface area contributed by atoms with Gasteiger partial charge < -0.3 is 0 Å². The molecule has 0 saturated carbocycles. The van der Waals surface area contributed by atoms with Crippen molar-refractivity contribution in [3.63, 3.8) is 0 Å². The van der Waals surface area contributed by atoms with Gasteiger partial charge in [0.2, 0.25) is 0 Å². The van der Waals surface area contributed by atoms with E-state index in [1.807, 2.05) is 19.1 Å². The van der Waals surface area contributed by atoms with Gasteiger partial charge in [-0.05, 0) is 25.5 Å². The maximum absolute atomic E-state index is 11.7. The van der Waals surface area contributed by atoms with Crippen LogP contribution in [-0.4, -0.2) is 5.78 Å². The quantitative estimate of drug-likeness (QED) is 0.562. The third-order valence-electron chi connectivity index (χ3n) is 2.15. The summed E-state index contributed by atoms with van der Waals surface area (Å²) in [5, 5.41) is 0.562. The average Bonchev–Trinajstić information content (AvgIpc) is 2.22. The molecular formula is C13H13ClO. The molecule has 0 aromatic heterocycles. The molecule has 0 N–H and O–H groups in total. The summed E-state index contributed by atoms with van der Waals surface area (Å²) in [5.41, 5.74) is 1.54. The van der Waals surface area contributed by atoms with E-state index < -0.39 is 0 Å². The van der Waals surface area contributed by atoms with Gasteiger partial charge in [0.05, 0.1) is 5.02 Å². The predicted molar refractivity (Wildman–Crippen MR) is 63.2 cm³/mol. The Bertz CT molecular complexity index is 424. The second kappa shape index (κ2) is 5.58. The van der Waals surface area contributed by atoms with Crippen LogP contribution in [0.25, 0.3) is 0 Å². The molecule has 0 unspecified atom stereocenters. The van der Waals surface area contributed by atoms with Gasteiger partial charge in [-0.25, -0.2) is 0 Å². The van der Waals surface area contributed by atoms with Gasteiger partial charge in [-0.3, -0.25) is 4.79 Å². The molecule has 15 heavy (non-hydrogen) atoms. The third-order valence-corrected chi connectivity index (χ3v) is 2.65. The lowest BCUT2D eigenvalue weighted by Crippen LogP contribution is -2.00. The van der Waals surface area contributed by atoms with Crippen LogP contribution in [-0.2, 0) is 0 Å². The number of halogens is 1. The molecule has 2 heteroatoms. The van der Waals surface area contributed by atoms with Crippen molar-refractivity contribution in [3.8, 4) is 11.8 Å². The highest BCUT2D eigenvalue weighted by Gasteiger charge is 2.10. The molecule has 0 fully saturated rings. The van der Waals surface area contributed by atoms with Gasteiger partial charge in [0.1, 0.15) is 0 Å². The van der Waals surface area contributed by atoms with E-state index in [1.54, 1.807) is 13.0 Å². The monoisotopic (exact) mass is 220 g/mol. The van der Waals surface area contributed by atoms with Crippen LogP contribution in [0.5, 0.6) is 0 Å². The van der Waals surface area contributed by atoms with Gasteiger partial charge in [-0.1, -0.05) is 23.7 Å². The second-order valence-corrected chi connectivity index (χ2v) is 3.66. The Balaban J connectivity index is 2.81. The molecule has 0 atom stereocenters. The molecule has 0 heterocycles. The molecule has 0 amide bonds. The lowest BCUT2D eigenvalue weighted by molar-refractivity contribution is 0.0984. The SMILES string of the molecule is CC#CCCC(=O)c1cccc(C)c1Cl. The van der Waals surface area contributed by atoms with E-state index in [0.717, 1.165) is 5.56 Å². The minimum Gasteiger partial charge on any atom is -0.294 e. The second-order valence-electron chi connectivity index (χ2n) is 3.29. The zero-order valence-corrected chi connectivity index (χ0v) is 9.69. The number of hydrogen-bond acceptors (Lipinski definition) is 1. The van der Waals surface area contributed by atoms with Crippen LogP contribution in [0, 0.1) is 18.8 Å². The van der Waals surface area contributed by atoms with Crippen LogP contribution in [0.3, 0.4) is 0 Å². The van der Waals surface area contributed by atoms with E-state index >= 15 is 0 Å². The molecular weight excluding hydrogens is 208 g/mol. The van der Waals surface area contributed by atoms with Crippen molar-refractivity contribution in [1.29, 1.82) is 0 Å². The fourth-order valence-corrected chi connectivity index (χ4v) is 1.53. The molecule has 0 radical (unpaired) electrons. The summed E-state index contributed by atoms with van der Waals surface area (Å²) in [4.78, 5) is 11.7. The summed E-state index contributed by atoms with van der Waals surface area (Å²) < 4.78 is 0. The fourth-order valence-electron chi connectivity index (χ4n) is 1.30. The number of rotatable bonds is 3. The fraction of sp³-hybridized carbons (Fsp3) is 0.308. The van der Waals surface area contributed by atoms with Crippen molar-refractivity contribution in [1.82, 2.24) is 0 Å². The predicted octanol–water partition coefficient (Wildman–Crippen LogP) is 3.63. The first-order valence-electron chi connectivity index (χ1n) is 4.84. The molecule has 1 rings (SSSR count). The largest absolute Gasteiger partial charge is 0.294 e. The molecule has 0 aliphatic carbocycles. The van der Waals surface area contributed by atoms with Crippen molar-refractivity contribution < 1.29 is 4.79 Å². The minimum atomic E-state index is 0.0615. The summed E-state index contributed by atoms with van der Waals surface area (Å²) in [6.07, 6.45) is 1.03. The topological polar surface area (TPSA) is 17.1 Å². The summed E-state index contributed by atoms with van der Waals surface area (Å²) in [6.45, 7) is 3.66. The Morgan fingerprint density at radius 1 is 1.47 bits per heavy atom. The van der Waals surface area contributed by atoms with E-state index in [0.29, 0.717) is 23.4 Å². The van der Waals surface area contributed by atoms with E-state index in [9.17, 15) is 4.79 Å². The molecule has 0 saturated heterocycles. The molecule has 0 spiro atoms. The summed E-state index contributed by atoms with van der Waals surface area (Å²) in [5.74, 6) is 5.70. The van der Waals surface area contributed by atoms with Crippen LogP contribution >= 0.6 is 11.6 Å². The number of ketones is 1. The van der Waals surface area contributed by atoms with Crippen molar-refractivity contribution in [2.45, 2.75) is 26.7 Å². The molecule has 0 bridgehead atoms. The highest BCUT2D eigenvalue weighted by atomic mass is 35.5. The van der Waals surface area contributed by atoms with E-state index in [4.69, 9.17) is 11.6 Å². The van der Waals surface area contributed by atoms with Gasteiger partial charge in [0.25, 0.3) is 0 Å². The number of benzene rings is 1. The van der Waals surface area contributed by atoms with Crippen LogP contribution in [0.1, 0.15) is 35.7 Å². The van der Waals surface area contributed by atoms with Gasteiger partial charge in [0.15, 0.2) is 5.78 Å². The summed E-state index contributed by atoms with van der Waals surface area (Å²) in [7, 11) is 0. The Morgan fingerprint density at radius 2 is 2.20 bits per heavy atom. The zero-order chi connectivity index (χ0) is 11.3. The van der Waals surface area contributed by atoms with E-state index in [2.05, 4.69) is 11.8 Å². The Labute approximate surface area is 95.5 Å². The molecule has 0 aliphatic rings. The standard InChI is InChI=1S/C13H13ClO/c1-3-4-5-9-12(15)11-8-6-7-10(2)13(11)14/h6-8H,5,9H2,1-2H3. The first-order chi connectivity index (χ1) is 7.16. The molecule has 1 nitrogen and oxygen atoms in total. The zero-order valence-electron chi connectivity index (χ0n) is 8.93. The first kappa shape index (κ1) is 11.8. The van der Waals surface area contributed by atoms with Crippen molar-refractivity contribution in [2.75, 3.05) is 0 Å². The van der Waals surface area contributed by atoms with Crippen molar-refractivity contribution >= 4 is 17.4 Å². The van der Waals surface area contributed by atoms with E-state index in [1.165, 1.54) is 0 Å². The van der Waals surface area contributed by atoms with Crippen LogP contribution in [0.15, 0.2) is 18.2 Å². The van der Waals surface area contributed by atoms with Gasteiger partial charge >= 0.3 is 0 Å². The van der Waals surface area contributed by atoms with Gasteiger partial charge in [-0.15, -0.1) is 11.8 Å². The molecule has 78 valence electrons. The normalized spacial score (nSPS) is 9.27. The molecule has 1 aromatic rings. The highest BCUT2D eigenvalue weighted by molar-refractivity contribution is 6.34. The van der Waals surface area contributed by atoms with Crippen LogP contribution in [0.2, 0.25) is 5.02 Å². The maximum atomic E-state index is 11.7. The van der Waals surface area contributed by atoms with Crippen molar-refractivity contribution in [3.05, 3.63) is 34.3 Å². The first-order valence-corrected chi connectivity index (χ1v) is 5.22. The number of hydrogen-bond donors (Lipinski definition) is 0. The molecule has 1 aromatic carbocycles. The Morgan fingerprint density at radius 3 is 2.87 bits per heavy atom. The minimum absolute atomic E-state index is 0.0615. The smallest absolute Gasteiger partial charge is 0.165 e. The van der Waals surface area contributed by atoms with Gasteiger partial charge in [-0.2, -0.15) is 0 Å². The average molecular weight is 221 g/mol. The van der Waals surface area contributed by atoms with Gasteiger partial charge in [0, 0.05) is 18.4 Å². The lowest BCUT2D eigenvalue weighted by atomic mass is 10.0. The van der Waals surface area contributed by atoms with Crippen LogP contribution < -0.4 is 0 Å². The number of aryl methyl sites for hydroxylation is 1. The Kier molecular flexibility index (Phi) is 4.39.